The number of nitrogens with zero attached hydrogens (tertiary/aromatic N) is 1. The summed E-state index contributed by atoms with van der Waals surface area (Å²) in [5.74, 6) is 0.0484. The molecular formula is C9H17N5O. The minimum absolute atomic E-state index is 0.179. The SMILES string of the molecule is C=CC(=CC)C(=O)NCC(N)=NNNC. The quantitative estimate of drug-likeness (QED) is 0.153. The number of nitrogens with two attached hydrogens (primary N) is 1. The van der Waals surface area contributed by atoms with E-state index in [1.54, 1.807) is 20.0 Å². The van der Waals surface area contributed by atoms with Crippen molar-refractivity contribution in [3.05, 3.63) is 24.3 Å². The zero-order valence-electron chi connectivity index (χ0n) is 9.00. The van der Waals surface area contributed by atoms with E-state index in [0.717, 1.165) is 0 Å². The normalized spacial score (nSPS) is 12.1. The molecule has 0 saturated heterocycles. The largest absolute Gasteiger partial charge is 0.384 e. The van der Waals surface area contributed by atoms with Gasteiger partial charge in [-0.15, -0.1) is 5.10 Å². The Morgan fingerprint density at radius 3 is 2.73 bits per heavy atom. The van der Waals surface area contributed by atoms with Gasteiger partial charge in [-0.25, -0.2) is 11.0 Å². The third-order valence-corrected chi connectivity index (χ3v) is 1.53. The Labute approximate surface area is 89.3 Å². The first kappa shape index (κ1) is 13.2. The van der Waals surface area contributed by atoms with Crippen molar-refractivity contribution in [2.24, 2.45) is 10.8 Å². The molecule has 0 aromatic heterocycles. The second kappa shape index (κ2) is 7.57. The van der Waals surface area contributed by atoms with Crippen molar-refractivity contribution >= 4 is 11.7 Å². The van der Waals surface area contributed by atoms with E-state index in [-0.39, 0.29) is 18.3 Å². The Morgan fingerprint density at radius 1 is 1.60 bits per heavy atom. The molecule has 0 aromatic carbocycles. The van der Waals surface area contributed by atoms with Gasteiger partial charge in [0.1, 0.15) is 5.84 Å². The molecule has 0 aliphatic rings. The van der Waals surface area contributed by atoms with E-state index in [4.69, 9.17) is 5.73 Å². The number of hydrazone groups is 1. The molecule has 1 amide bonds. The number of hydrogen-bond acceptors (Lipinski definition) is 4. The predicted molar refractivity (Wildman–Crippen MR) is 60.8 cm³/mol. The summed E-state index contributed by atoms with van der Waals surface area (Å²) in [5, 5.41) is 6.29. The topological polar surface area (TPSA) is 91.5 Å². The van der Waals surface area contributed by atoms with Crippen molar-refractivity contribution in [3.63, 3.8) is 0 Å². The van der Waals surface area contributed by atoms with Crippen molar-refractivity contribution in [2.75, 3.05) is 13.6 Å². The second-order valence-corrected chi connectivity index (χ2v) is 2.60. The predicted octanol–water partition coefficient (Wildman–Crippen LogP) is -0.769. The van der Waals surface area contributed by atoms with Gasteiger partial charge >= 0.3 is 0 Å². The highest BCUT2D eigenvalue weighted by Crippen LogP contribution is 1.93. The number of hydrazine groups is 1. The molecule has 0 aliphatic heterocycles. The molecular weight excluding hydrogens is 194 g/mol. The van der Waals surface area contributed by atoms with Gasteiger partial charge in [0.15, 0.2) is 0 Å². The van der Waals surface area contributed by atoms with Crippen LogP contribution in [0.15, 0.2) is 29.4 Å². The van der Waals surface area contributed by atoms with Gasteiger partial charge in [0.2, 0.25) is 0 Å². The van der Waals surface area contributed by atoms with Gasteiger partial charge < -0.3 is 11.1 Å². The van der Waals surface area contributed by atoms with Gasteiger partial charge in [-0.05, 0) is 6.92 Å². The lowest BCUT2D eigenvalue weighted by Gasteiger charge is -2.05. The fraction of sp³-hybridized carbons (Fsp3) is 0.333. The van der Waals surface area contributed by atoms with Crippen molar-refractivity contribution in [2.45, 2.75) is 6.92 Å². The summed E-state index contributed by atoms with van der Waals surface area (Å²) >= 11 is 0. The molecule has 0 fully saturated rings. The average Bonchev–Trinajstić information content (AvgIpc) is 2.25. The van der Waals surface area contributed by atoms with Crippen LogP contribution in [-0.4, -0.2) is 25.3 Å². The number of rotatable bonds is 6. The molecule has 0 atom stereocenters. The number of amidine groups is 1. The maximum Gasteiger partial charge on any atom is 0.251 e. The number of amides is 1. The van der Waals surface area contributed by atoms with Crippen molar-refractivity contribution < 1.29 is 4.79 Å². The second-order valence-electron chi connectivity index (χ2n) is 2.60. The fourth-order valence-corrected chi connectivity index (χ4v) is 0.782. The third kappa shape index (κ3) is 5.48. The van der Waals surface area contributed by atoms with E-state index in [2.05, 4.69) is 28.0 Å². The van der Waals surface area contributed by atoms with Gasteiger partial charge in [0, 0.05) is 12.6 Å². The van der Waals surface area contributed by atoms with E-state index in [1.807, 2.05) is 0 Å². The van der Waals surface area contributed by atoms with Crippen LogP contribution in [0.3, 0.4) is 0 Å². The van der Waals surface area contributed by atoms with Crippen molar-refractivity contribution in [1.82, 2.24) is 16.3 Å². The molecule has 15 heavy (non-hydrogen) atoms. The summed E-state index contributed by atoms with van der Waals surface area (Å²) in [6.07, 6.45) is 3.15. The van der Waals surface area contributed by atoms with Gasteiger partial charge in [0.25, 0.3) is 5.91 Å². The number of nitrogens with one attached hydrogen (secondary N) is 3. The summed E-state index contributed by atoms with van der Waals surface area (Å²) in [7, 11) is 1.66. The summed E-state index contributed by atoms with van der Waals surface area (Å²) in [5.41, 5.74) is 11.0. The Balaban J connectivity index is 4.05. The minimum Gasteiger partial charge on any atom is -0.384 e. The Bertz CT molecular complexity index is 282. The standard InChI is InChI=1S/C9H17N5O/c1-4-7(5-2)9(15)12-6-8(10)13-14-11-3/h4-5,11,14H,1,6H2,2-3H3,(H2,10,13)(H,12,15). The first-order chi connectivity index (χ1) is 7.15. The van der Waals surface area contributed by atoms with Crippen LogP contribution in [0.4, 0.5) is 0 Å². The fourth-order valence-electron chi connectivity index (χ4n) is 0.782. The summed E-state index contributed by atoms with van der Waals surface area (Å²) < 4.78 is 0. The summed E-state index contributed by atoms with van der Waals surface area (Å²) in [6.45, 7) is 5.46. The van der Waals surface area contributed by atoms with Gasteiger partial charge in [-0.2, -0.15) is 0 Å². The minimum atomic E-state index is -0.227. The lowest BCUT2D eigenvalue weighted by molar-refractivity contribution is -0.116. The molecule has 0 aliphatic carbocycles. The van der Waals surface area contributed by atoms with E-state index in [9.17, 15) is 4.79 Å². The van der Waals surface area contributed by atoms with Gasteiger partial charge in [-0.1, -0.05) is 18.7 Å². The summed E-state index contributed by atoms with van der Waals surface area (Å²) in [4.78, 5) is 11.4. The Kier molecular flexibility index (Phi) is 6.65. The van der Waals surface area contributed by atoms with Crippen LogP contribution in [0.25, 0.3) is 0 Å². The van der Waals surface area contributed by atoms with E-state index >= 15 is 0 Å². The summed E-state index contributed by atoms with van der Waals surface area (Å²) in [6, 6.07) is 0. The van der Waals surface area contributed by atoms with Crippen LogP contribution < -0.4 is 22.0 Å². The Hall–Kier alpha value is -1.82. The zero-order chi connectivity index (χ0) is 11.7. The van der Waals surface area contributed by atoms with Crippen LogP contribution in [0.2, 0.25) is 0 Å². The molecule has 6 heteroatoms. The molecule has 5 N–H and O–H groups in total. The highest BCUT2D eigenvalue weighted by atomic mass is 16.1. The van der Waals surface area contributed by atoms with Crippen LogP contribution in [0, 0.1) is 0 Å². The zero-order valence-corrected chi connectivity index (χ0v) is 9.00. The van der Waals surface area contributed by atoms with Gasteiger partial charge in [-0.3, -0.25) is 4.79 Å². The van der Waals surface area contributed by atoms with Crippen LogP contribution >= 0.6 is 0 Å². The maximum absolute atomic E-state index is 11.4. The maximum atomic E-state index is 11.4. The van der Waals surface area contributed by atoms with Crippen LogP contribution in [0.1, 0.15) is 6.92 Å². The highest BCUT2D eigenvalue weighted by Gasteiger charge is 2.04. The third-order valence-electron chi connectivity index (χ3n) is 1.53. The molecule has 84 valence electrons. The smallest absolute Gasteiger partial charge is 0.251 e. The molecule has 0 bridgehead atoms. The monoisotopic (exact) mass is 211 g/mol. The van der Waals surface area contributed by atoms with Gasteiger partial charge in [0.05, 0.1) is 6.54 Å². The molecule has 6 nitrogen and oxygen atoms in total. The van der Waals surface area contributed by atoms with Crippen LogP contribution in [-0.2, 0) is 4.79 Å². The number of allylic oxidation sites excluding steroid dienone is 1. The molecule has 0 spiro atoms. The molecule has 0 radical (unpaired) electrons. The first-order valence-corrected chi connectivity index (χ1v) is 4.46. The van der Waals surface area contributed by atoms with Crippen molar-refractivity contribution in [3.8, 4) is 0 Å². The molecule has 0 rings (SSSR count). The lowest BCUT2D eigenvalue weighted by atomic mass is 10.2. The molecule has 0 saturated carbocycles. The lowest BCUT2D eigenvalue weighted by Crippen LogP contribution is -2.36. The van der Waals surface area contributed by atoms with E-state index in [0.29, 0.717) is 5.57 Å². The average molecular weight is 211 g/mol. The molecule has 0 unspecified atom stereocenters. The van der Waals surface area contributed by atoms with E-state index in [1.165, 1.54) is 6.08 Å². The highest BCUT2D eigenvalue weighted by molar-refractivity contribution is 5.98. The number of carbonyl (C=O) groups excluding carboxylic acids is 1. The first-order valence-electron chi connectivity index (χ1n) is 4.46. The van der Waals surface area contributed by atoms with Crippen LogP contribution in [0.5, 0.6) is 0 Å². The molecule has 0 heterocycles. The molecule has 0 aromatic rings. The number of carbonyl (C=O) groups is 1. The number of hydrogen-bond donors (Lipinski definition) is 4. The van der Waals surface area contributed by atoms with E-state index < -0.39 is 0 Å². The Morgan fingerprint density at radius 2 is 2.27 bits per heavy atom. The van der Waals surface area contributed by atoms with Crippen molar-refractivity contribution in [1.29, 1.82) is 0 Å².